The summed E-state index contributed by atoms with van der Waals surface area (Å²) in [7, 11) is 0. The molecule has 0 N–H and O–H groups in total. The molecule has 0 aromatic rings. The van der Waals surface area contributed by atoms with E-state index in [0.717, 1.165) is 11.8 Å². The van der Waals surface area contributed by atoms with Gasteiger partial charge in [-0.15, -0.1) is 6.58 Å². The van der Waals surface area contributed by atoms with Crippen molar-refractivity contribution >= 4 is 17.7 Å². The van der Waals surface area contributed by atoms with Gasteiger partial charge in [0.2, 0.25) is 5.91 Å². The van der Waals surface area contributed by atoms with Gasteiger partial charge in [-0.3, -0.25) is 4.79 Å². The predicted octanol–water partition coefficient (Wildman–Crippen LogP) is 1.58. The summed E-state index contributed by atoms with van der Waals surface area (Å²) in [6, 6.07) is 0. The van der Waals surface area contributed by atoms with Crippen molar-refractivity contribution in [3.8, 4) is 5.40 Å². The smallest absolute Gasteiger partial charge is 0.220 e. The number of thiocyanates is 1. The van der Waals surface area contributed by atoms with Crippen LogP contribution in [0.4, 0.5) is 0 Å². The van der Waals surface area contributed by atoms with Gasteiger partial charge in [-0.25, -0.2) is 0 Å². The molecule has 0 heterocycles. The Kier molecular flexibility index (Phi) is 5.22. The van der Waals surface area contributed by atoms with E-state index in [4.69, 9.17) is 5.26 Å². The summed E-state index contributed by atoms with van der Waals surface area (Å²) < 4.78 is 0. The van der Waals surface area contributed by atoms with E-state index in [1.165, 1.54) is 6.92 Å². The number of rotatable bonds is 4. The maximum Gasteiger partial charge on any atom is 0.220 e. The third-order valence-corrected chi connectivity index (χ3v) is 2.09. The Morgan fingerprint density at radius 2 is 2.50 bits per heavy atom. The molecule has 0 fully saturated rings. The van der Waals surface area contributed by atoms with Crippen LogP contribution in [0.1, 0.15) is 13.8 Å². The zero-order valence-corrected chi connectivity index (χ0v) is 8.10. The van der Waals surface area contributed by atoms with Crippen LogP contribution in [0, 0.1) is 10.7 Å². The quantitative estimate of drug-likeness (QED) is 0.378. The monoisotopic (exact) mass is 184 g/mol. The van der Waals surface area contributed by atoms with E-state index in [1.54, 1.807) is 11.0 Å². The lowest BCUT2D eigenvalue weighted by Gasteiger charge is -2.23. The van der Waals surface area contributed by atoms with E-state index in [1.807, 2.05) is 12.3 Å². The topological polar surface area (TPSA) is 44.1 Å². The minimum absolute atomic E-state index is 0.0369. The van der Waals surface area contributed by atoms with Gasteiger partial charge in [0.25, 0.3) is 0 Å². The highest BCUT2D eigenvalue weighted by Crippen LogP contribution is 2.13. The van der Waals surface area contributed by atoms with Gasteiger partial charge in [-0.2, -0.15) is 5.26 Å². The molecule has 12 heavy (non-hydrogen) atoms. The molecule has 0 spiro atoms. The molecule has 4 heteroatoms. The highest BCUT2D eigenvalue weighted by Gasteiger charge is 2.14. The second kappa shape index (κ2) is 5.67. The molecule has 0 saturated heterocycles. The first-order valence-corrected chi connectivity index (χ1v) is 4.44. The van der Waals surface area contributed by atoms with Gasteiger partial charge in [0, 0.05) is 13.5 Å². The summed E-state index contributed by atoms with van der Waals surface area (Å²) in [6.45, 7) is 7.33. The van der Waals surface area contributed by atoms with E-state index in [2.05, 4.69) is 6.58 Å². The second-order valence-electron chi connectivity index (χ2n) is 2.27. The van der Waals surface area contributed by atoms with Crippen LogP contribution in [0.2, 0.25) is 0 Å². The van der Waals surface area contributed by atoms with Gasteiger partial charge in [0.1, 0.15) is 5.40 Å². The lowest BCUT2D eigenvalue weighted by atomic mass is 10.4. The van der Waals surface area contributed by atoms with E-state index in [9.17, 15) is 4.79 Å². The fourth-order valence-corrected chi connectivity index (χ4v) is 1.33. The van der Waals surface area contributed by atoms with Crippen LogP contribution in [0.3, 0.4) is 0 Å². The summed E-state index contributed by atoms with van der Waals surface area (Å²) in [5, 5.41) is 10.2. The average molecular weight is 184 g/mol. The standard InChI is InChI=1S/C8H12N2OS/c1-4-5-10(7(2)11)8(3)12-6-9/h4,8H,1,5H2,2-3H3. The lowest BCUT2D eigenvalue weighted by Crippen LogP contribution is -2.34. The first kappa shape index (κ1) is 11.1. The van der Waals surface area contributed by atoms with Crippen LogP contribution in [-0.4, -0.2) is 22.7 Å². The molecule has 66 valence electrons. The molecular formula is C8H12N2OS. The van der Waals surface area contributed by atoms with Crippen LogP contribution < -0.4 is 0 Å². The number of thioether (sulfide) groups is 1. The molecule has 1 atom stereocenters. The van der Waals surface area contributed by atoms with Crippen molar-refractivity contribution in [3.05, 3.63) is 12.7 Å². The highest BCUT2D eigenvalue weighted by molar-refractivity contribution is 8.04. The highest BCUT2D eigenvalue weighted by atomic mass is 32.2. The Hall–Kier alpha value is -0.950. The van der Waals surface area contributed by atoms with Crippen molar-refractivity contribution in [1.82, 2.24) is 4.90 Å². The Morgan fingerprint density at radius 1 is 1.92 bits per heavy atom. The Balaban J connectivity index is 4.19. The molecule has 0 aliphatic heterocycles. The molecule has 0 aliphatic carbocycles. The first-order chi connectivity index (χ1) is 5.63. The maximum absolute atomic E-state index is 11.0. The number of carbonyl (C=O) groups excluding carboxylic acids is 1. The number of nitrogens with zero attached hydrogens (tertiary/aromatic N) is 2. The molecule has 1 unspecified atom stereocenters. The Labute approximate surface area is 77.0 Å². The maximum atomic E-state index is 11.0. The van der Waals surface area contributed by atoms with Gasteiger partial charge in [-0.05, 0) is 18.7 Å². The number of carbonyl (C=O) groups is 1. The molecule has 1 amide bonds. The van der Waals surface area contributed by atoms with Crippen molar-refractivity contribution < 1.29 is 4.79 Å². The van der Waals surface area contributed by atoms with Crippen LogP contribution in [-0.2, 0) is 4.79 Å². The van der Waals surface area contributed by atoms with Crippen molar-refractivity contribution in [2.45, 2.75) is 19.2 Å². The van der Waals surface area contributed by atoms with Gasteiger partial charge in [0.05, 0.1) is 5.37 Å². The number of amides is 1. The second-order valence-corrected chi connectivity index (χ2v) is 3.37. The van der Waals surface area contributed by atoms with Gasteiger partial charge in [-0.1, -0.05) is 6.08 Å². The molecule has 0 aromatic heterocycles. The summed E-state index contributed by atoms with van der Waals surface area (Å²) in [4.78, 5) is 12.6. The SMILES string of the molecule is C=CCN(C(C)=O)C(C)SC#N. The number of hydrogen-bond donors (Lipinski definition) is 0. The van der Waals surface area contributed by atoms with Crippen molar-refractivity contribution in [3.63, 3.8) is 0 Å². The number of nitriles is 1. The number of hydrogen-bond acceptors (Lipinski definition) is 3. The minimum Gasteiger partial charge on any atom is -0.326 e. The van der Waals surface area contributed by atoms with E-state index in [-0.39, 0.29) is 11.3 Å². The molecule has 0 saturated carbocycles. The van der Waals surface area contributed by atoms with Crippen molar-refractivity contribution in [1.29, 1.82) is 5.26 Å². The zero-order chi connectivity index (χ0) is 9.56. The normalized spacial score (nSPS) is 11.4. The van der Waals surface area contributed by atoms with Crippen LogP contribution in [0.5, 0.6) is 0 Å². The molecule has 0 aliphatic rings. The third kappa shape index (κ3) is 3.44. The summed E-state index contributed by atoms with van der Waals surface area (Å²) in [5.74, 6) is -0.0369. The summed E-state index contributed by atoms with van der Waals surface area (Å²) in [5.41, 5.74) is 0. The molecular weight excluding hydrogens is 172 g/mol. The molecule has 0 radical (unpaired) electrons. The fourth-order valence-electron chi connectivity index (χ4n) is 0.812. The van der Waals surface area contributed by atoms with Gasteiger partial charge < -0.3 is 4.90 Å². The van der Waals surface area contributed by atoms with Crippen LogP contribution >= 0.6 is 11.8 Å². The van der Waals surface area contributed by atoms with E-state index < -0.39 is 0 Å². The first-order valence-electron chi connectivity index (χ1n) is 3.56. The van der Waals surface area contributed by atoms with Crippen LogP contribution in [0.15, 0.2) is 12.7 Å². The Bertz CT molecular complexity index is 210. The lowest BCUT2D eigenvalue weighted by molar-refractivity contribution is -0.128. The minimum atomic E-state index is -0.106. The molecule has 0 aromatic carbocycles. The zero-order valence-electron chi connectivity index (χ0n) is 7.28. The fraction of sp³-hybridized carbons (Fsp3) is 0.500. The molecule has 0 rings (SSSR count). The third-order valence-electron chi connectivity index (χ3n) is 1.39. The average Bonchev–Trinajstić information content (AvgIpc) is 1.99. The van der Waals surface area contributed by atoms with E-state index >= 15 is 0 Å². The predicted molar refractivity (Wildman–Crippen MR) is 50.3 cm³/mol. The Morgan fingerprint density at radius 3 is 2.83 bits per heavy atom. The molecule has 3 nitrogen and oxygen atoms in total. The van der Waals surface area contributed by atoms with Gasteiger partial charge >= 0.3 is 0 Å². The summed E-state index contributed by atoms with van der Waals surface area (Å²) >= 11 is 1.07. The van der Waals surface area contributed by atoms with Crippen LogP contribution in [0.25, 0.3) is 0 Å². The van der Waals surface area contributed by atoms with E-state index in [0.29, 0.717) is 6.54 Å². The summed E-state index contributed by atoms with van der Waals surface area (Å²) in [6.07, 6.45) is 1.65. The van der Waals surface area contributed by atoms with Crippen molar-refractivity contribution in [2.24, 2.45) is 0 Å². The largest absolute Gasteiger partial charge is 0.326 e. The van der Waals surface area contributed by atoms with Gasteiger partial charge in [0.15, 0.2) is 0 Å². The molecule has 0 bridgehead atoms. The van der Waals surface area contributed by atoms with Crippen molar-refractivity contribution in [2.75, 3.05) is 6.54 Å².